The lowest BCUT2D eigenvalue weighted by Crippen LogP contribution is -2.57. The van der Waals surface area contributed by atoms with Gasteiger partial charge in [0, 0.05) is 45.1 Å². The number of piperidine rings is 1. The number of amides is 1. The number of benzene rings is 1. The molecule has 5 nitrogen and oxygen atoms in total. The van der Waals surface area contributed by atoms with Crippen molar-refractivity contribution in [2.75, 3.05) is 27.2 Å². The Balaban J connectivity index is 1.88. The molecule has 1 amide bonds. The number of likely N-dealkylation sites (tertiary alicyclic amines) is 1. The fourth-order valence-electron chi connectivity index (χ4n) is 3.55. The van der Waals surface area contributed by atoms with Crippen LogP contribution in [-0.2, 0) is 16.9 Å². The van der Waals surface area contributed by atoms with Gasteiger partial charge in [-0.3, -0.25) is 9.69 Å². The van der Waals surface area contributed by atoms with Crippen molar-refractivity contribution in [3.8, 4) is 0 Å². The van der Waals surface area contributed by atoms with Crippen molar-refractivity contribution in [2.45, 2.75) is 24.9 Å². The van der Waals surface area contributed by atoms with Gasteiger partial charge in [0.15, 0.2) is 0 Å². The van der Waals surface area contributed by atoms with Crippen LogP contribution in [0.1, 0.15) is 18.4 Å². The monoisotopic (exact) mass is 330 g/mol. The first kappa shape index (κ1) is 16.6. The second-order valence-corrected chi connectivity index (χ2v) is 6.61. The predicted molar refractivity (Wildman–Crippen MR) is 89.8 cm³/mol. The molecule has 1 aromatic carbocycles. The van der Waals surface area contributed by atoms with E-state index in [9.17, 15) is 9.18 Å². The summed E-state index contributed by atoms with van der Waals surface area (Å²) in [6.45, 7) is 1.91. The van der Waals surface area contributed by atoms with E-state index in [4.69, 9.17) is 0 Å². The molecule has 0 spiro atoms. The smallest absolute Gasteiger partial charge is 0.249 e. The average molecular weight is 330 g/mol. The summed E-state index contributed by atoms with van der Waals surface area (Å²) in [5.41, 5.74) is -0.0139. The van der Waals surface area contributed by atoms with E-state index in [-0.39, 0.29) is 11.7 Å². The Labute approximate surface area is 141 Å². The van der Waals surface area contributed by atoms with Crippen LogP contribution in [0.5, 0.6) is 0 Å². The van der Waals surface area contributed by atoms with E-state index < -0.39 is 5.54 Å². The molecule has 0 radical (unpaired) electrons. The minimum atomic E-state index is -0.677. The molecule has 3 rings (SSSR count). The number of rotatable bonds is 4. The lowest BCUT2D eigenvalue weighted by Gasteiger charge is -2.43. The maximum Gasteiger partial charge on any atom is 0.249 e. The van der Waals surface area contributed by atoms with E-state index in [1.165, 1.54) is 6.07 Å². The van der Waals surface area contributed by atoms with Crippen LogP contribution in [0.2, 0.25) is 0 Å². The lowest BCUT2D eigenvalue weighted by molar-refractivity contribution is -0.141. The molecular weight excluding hydrogens is 307 g/mol. The zero-order valence-corrected chi connectivity index (χ0v) is 14.2. The number of carbonyl (C=O) groups is 1. The van der Waals surface area contributed by atoms with Gasteiger partial charge in [0.2, 0.25) is 5.91 Å². The van der Waals surface area contributed by atoms with Crippen LogP contribution in [0.3, 0.4) is 0 Å². The molecule has 1 aromatic heterocycles. The highest BCUT2D eigenvalue weighted by molar-refractivity contribution is 5.84. The van der Waals surface area contributed by atoms with E-state index in [1.807, 2.05) is 16.8 Å². The molecule has 6 heteroatoms. The van der Waals surface area contributed by atoms with Gasteiger partial charge in [-0.15, -0.1) is 0 Å². The summed E-state index contributed by atoms with van der Waals surface area (Å²) in [6.07, 6.45) is 6.88. The van der Waals surface area contributed by atoms with Crippen LogP contribution >= 0.6 is 0 Å². The Morgan fingerprint density at radius 3 is 2.83 bits per heavy atom. The van der Waals surface area contributed by atoms with Crippen LogP contribution in [-0.4, -0.2) is 52.4 Å². The normalized spacial score (nSPS) is 21.6. The maximum atomic E-state index is 14.0. The quantitative estimate of drug-likeness (QED) is 0.862. The molecule has 1 atom stereocenters. The second kappa shape index (κ2) is 6.73. The summed E-state index contributed by atoms with van der Waals surface area (Å²) in [4.78, 5) is 20.9. The van der Waals surface area contributed by atoms with Gasteiger partial charge in [-0.1, -0.05) is 18.2 Å². The molecule has 0 bridgehead atoms. The third-order valence-corrected chi connectivity index (χ3v) is 4.70. The maximum absolute atomic E-state index is 14.0. The lowest BCUT2D eigenvalue weighted by atomic mass is 9.87. The van der Waals surface area contributed by atoms with Crippen LogP contribution < -0.4 is 0 Å². The Morgan fingerprint density at radius 2 is 2.17 bits per heavy atom. The van der Waals surface area contributed by atoms with E-state index in [0.29, 0.717) is 18.7 Å². The van der Waals surface area contributed by atoms with Gasteiger partial charge >= 0.3 is 0 Å². The number of imidazole rings is 1. The van der Waals surface area contributed by atoms with Crippen molar-refractivity contribution in [2.24, 2.45) is 0 Å². The number of carbonyl (C=O) groups excluding carboxylic acids is 1. The molecule has 0 aliphatic carbocycles. The number of likely N-dealkylation sites (N-methyl/N-ethyl adjacent to an activating group) is 1. The minimum Gasteiger partial charge on any atom is -0.347 e. The largest absolute Gasteiger partial charge is 0.347 e. The highest BCUT2D eigenvalue weighted by Gasteiger charge is 2.44. The number of hydrogen-bond acceptors (Lipinski definition) is 3. The summed E-state index contributed by atoms with van der Waals surface area (Å²) >= 11 is 0. The predicted octanol–water partition coefficient (Wildman–Crippen LogP) is 2.10. The van der Waals surface area contributed by atoms with E-state index in [1.54, 1.807) is 43.7 Å². The van der Waals surface area contributed by atoms with Crippen molar-refractivity contribution in [3.63, 3.8) is 0 Å². The minimum absolute atomic E-state index is 0.0544. The van der Waals surface area contributed by atoms with Crippen molar-refractivity contribution < 1.29 is 9.18 Å². The second-order valence-electron chi connectivity index (χ2n) is 6.61. The Bertz CT molecular complexity index is 701. The molecule has 0 N–H and O–H groups in total. The van der Waals surface area contributed by atoms with Crippen LogP contribution in [0.15, 0.2) is 43.0 Å². The zero-order chi connectivity index (χ0) is 17.2. The number of halogens is 1. The van der Waals surface area contributed by atoms with E-state index in [0.717, 1.165) is 19.4 Å². The molecular formula is C18H23FN4O. The topological polar surface area (TPSA) is 41.4 Å². The molecule has 128 valence electrons. The first-order valence-corrected chi connectivity index (χ1v) is 8.19. The van der Waals surface area contributed by atoms with Crippen LogP contribution in [0.25, 0.3) is 0 Å². The third kappa shape index (κ3) is 3.06. The summed E-state index contributed by atoms with van der Waals surface area (Å²) in [7, 11) is 3.55. The van der Waals surface area contributed by atoms with Crippen molar-refractivity contribution in [3.05, 3.63) is 54.4 Å². The Hall–Kier alpha value is -2.21. The highest BCUT2D eigenvalue weighted by atomic mass is 19.1. The molecule has 0 saturated carbocycles. The molecule has 1 aliphatic rings. The zero-order valence-electron chi connectivity index (χ0n) is 14.2. The molecule has 1 unspecified atom stereocenters. The van der Waals surface area contributed by atoms with Crippen molar-refractivity contribution >= 4 is 5.91 Å². The van der Waals surface area contributed by atoms with Crippen LogP contribution in [0.4, 0.5) is 4.39 Å². The molecule has 1 fully saturated rings. The van der Waals surface area contributed by atoms with Gasteiger partial charge in [-0.25, -0.2) is 9.37 Å². The summed E-state index contributed by atoms with van der Waals surface area (Å²) in [5.74, 6) is -0.144. The molecule has 2 heterocycles. The van der Waals surface area contributed by atoms with Gasteiger partial charge in [0.25, 0.3) is 0 Å². The Kier molecular flexibility index (Phi) is 4.66. The van der Waals surface area contributed by atoms with Gasteiger partial charge in [-0.05, 0) is 25.5 Å². The Morgan fingerprint density at radius 1 is 1.38 bits per heavy atom. The van der Waals surface area contributed by atoms with Gasteiger partial charge in [0.1, 0.15) is 11.4 Å². The summed E-state index contributed by atoms with van der Waals surface area (Å²) < 4.78 is 15.9. The molecule has 24 heavy (non-hydrogen) atoms. The number of nitrogens with zero attached hydrogens (tertiary/aromatic N) is 4. The third-order valence-electron chi connectivity index (χ3n) is 4.70. The van der Waals surface area contributed by atoms with Crippen LogP contribution in [0, 0.1) is 5.82 Å². The van der Waals surface area contributed by atoms with Gasteiger partial charge in [-0.2, -0.15) is 0 Å². The number of hydrogen-bond donors (Lipinski definition) is 0. The summed E-state index contributed by atoms with van der Waals surface area (Å²) in [5, 5.41) is 0. The first-order chi connectivity index (χ1) is 11.5. The fourth-order valence-corrected chi connectivity index (χ4v) is 3.55. The molecule has 1 aliphatic heterocycles. The average Bonchev–Trinajstić information content (AvgIpc) is 3.11. The van der Waals surface area contributed by atoms with Crippen molar-refractivity contribution in [1.82, 2.24) is 19.4 Å². The molecule has 2 aromatic rings. The SMILES string of the molecule is CN(C)C(=O)C1(n2ccnc2)CCCN(Cc2ccccc2F)C1. The number of aromatic nitrogens is 2. The first-order valence-electron chi connectivity index (χ1n) is 8.19. The van der Waals surface area contributed by atoms with Gasteiger partial charge in [0.05, 0.1) is 6.33 Å². The standard InChI is InChI=1S/C18H23FN4O/c1-21(2)17(24)18(23-11-9-20-14-23)8-5-10-22(13-18)12-15-6-3-4-7-16(15)19/h3-4,6-7,9,11,14H,5,8,10,12-13H2,1-2H3. The van der Waals surface area contributed by atoms with Crippen molar-refractivity contribution in [1.29, 1.82) is 0 Å². The fraction of sp³-hybridized carbons (Fsp3) is 0.444. The summed E-state index contributed by atoms with van der Waals surface area (Å²) in [6, 6.07) is 6.82. The molecule has 1 saturated heterocycles. The van der Waals surface area contributed by atoms with Gasteiger partial charge < -0.3 is 9.47 Å². The van der Waals surface area contributed by atoms with E-state index >= 15 is 0 Å². The van der Waals surface area contributed by atoms with E-state index in [2.05, 4.69) is 9.88 Å². The highest BCUT2D eigenvalue weighted by Crippen LogP contribution is 2.31.